The molecule has 0 spiro atoms. The first-order valence-electron chi connectivity index (χ1n) is 3.29. The van der Waals surface area contributed by atoms with E-state index in [-0.39, 0.29) is 0 Å². The van der Waals surface area contributed by atoms with Crippen LogP contribution >= 0.6 is 11.8 Å². The van der Waals surface area contributed by atoms with E-state index in [0.29, 0.717) is 0 Å². The predicted octanol–water partition coefficient (Wildman–Crippen LogP) is 0.854. The summed E-state index contributed by atoms with van der Waals surface area (Å²) in [7, 11) is 0. The summed E-state index contributed by atoms with van der Waals surface area (Å²) < 4.78 is 0. The molecule has 3 fully saturated rings. The van der Waals surface area contributed by atoms with Gasteiger partial charge in [-0.15, -0.1) is 0 Å². The van der Waals surface area contributed by atoms with Crippen LogP contribution in [0.2, 0.25) is 0 Å². The number of rotatable bonds is 0. The van der Waals surface area contributed by atoms with Crippen molar-refractivity contribution >= 4 is 11.8 Å². The highest BCUT2D eigenvalue weighted by Gasteiger charge is 2.29. The van der Waals surface area contributed by atoms with E-state index >= 15 is 0 Å². The summed E-state index contributed by atoms with van der Waals surface area (Å²) in [5.74, 6) is 2.74. The molecule has 3 heterocycles. The van der Waals surface area contributed by atoms with Crippen molar-refractivity contribution in [1.29, 1.82) is 0 Å². The van der Waals surface area contributed by atoms with Gasteiger partial charge in [0.05, 0.1) is 0 Å². The van der Waals surface area contributed by atoms with Crippen molar-refractivity contribution < 1.29 is 0 Å². The van der Waals surface area contributed by atoms with Gasteiger partial charge in [0.1, 0.15) is 0 Å². The molecule has 0 aromatic carbocycles. The first kappa shape index (κ1) is 5.12. The summed E-state index contributed by atoms with van der Waals surface area (Å²) in [6.45, 7) is 0. The van der Waals surface area contributed by atoms with Crippen molar-refractivity contribution in [2.24, 2.45) is 0 Å². The van der Waals surface area contributed by atoms with E-state index in [0.717, 1.165) is 12.1 Å². The van der Waals surface area contributed by atoms with Gasteiger partial charge in [0, 0.05) is 17.8 Å². The fourth-order valence-corrected chi connectivity index (χ4v) is 2.56. The molecule has 0 aliphatic carbocycles. The minimum Gasteiger partial charge on any atom is -0.310 e. The lowest BCUT2D eigenvalue weighted by molar-refractivity contribution is 0.287. The lowest BCUT2D eigenvalue weighted by atomic mass is 9.97. The van der Waals surface area contributed by atoms with Gasteiger partial charge in [0.2, 0.25) is 0 Å². The number of nitrogens with one attached hydrogen (secondary N) is 1. The van der Waals surface area contributed by atoms with E-state index in [1.807, 2.05) is 0 Å². The Morgan fingerprint density at radius 1 is 1.38 bits per heavy atom. The number of fused-ring (bicyclic) bond motifs is 3. The number of hydrogen-bond donors (Lipinski definition) is 1. The van der Waals surface area contributed by atoms with Crippen LogP contribution in [0.15, 0.2) is 0 Å². The quantitative estimate of drug-likeness (QED) is 0.520. The smallest absolute Gasteiger partial charge is 0.0175 e. The zero-order valence-electron chi connectivity index (χ0n) is 4.89. The average Bonchev–Trinajstić information content (AvgIpc) is 1.89. The molecule has 3 aliphatic heterocycles. The molecule has 8 heavy (non-hydrogen) atoms. The normalized spacial score (nSPS) is 45.0. The van der Waals surface area contributed by atoms with Gasteiger partial charge in [-0.25, -0.2) is 0 Å². The van der Waals surface area contributed by atoms with E-state index in [9.17, 15) is 0 Å². The molecule has 46 valence electrons. The maximum atomic E-state index is 3.52. The van der Waals surface area contributed by atoms with Gasteiger partial charge in [-0.05, 0) is 18.6 Å². The monoisotopic (exact) mass is 129 g/mol. The summed E-state index contributed by atoms with van der Waals surface area (Å²) in [6, 6.07) is 1.78. The van der Waals surface area contributed by atoms with Crippen LogP contribution in [-0.2, 0) is 0 Å². The van der Waals surface area contributed by atoms with Crippen molar-refractivity contribution in [3.05, 3.63) is 0 Å². The van der Waals surface area contributed by atoms with Gasteiger partial charge in [-0.1, -0.05) is 0 Å². The Kier molecular flexibility index (Phi) is 1.23. The summed E-state index contributed by atoms with van der Waals surface area (Å²) in [4.78, 5) is 0. The maximum Gasteiger partial charge on any atom is 0.0175 e. The molecule has 1 nitrogen and oxygen atoms in total. The zero-order valence-corrected chi connectivity index (χ0v) is 5.71. The van der Waals surface area contributed by atoms with Crippen molar-refractivity contribution in [2.75, 3.05) is 11.5 Å². The van der Waals surface area contributed by atoms with Crippen molar-refractivity contribution in [3.8, 4) is 0 Å². The molecule has 2 heteroatoms. The van der Waals surface area contributed by atoms with Gasteiger partial charge in [0.25, 0.3) is 0 Å². The highest BCUT2D eigenvalue weighted by molar-refractivity contribution is 7.99. The van der Waals surface area contributed by atoms with Crippen LogP contribution in [0.3, 0.4) is 0 Å². The standard InChI is InChI=1S/C6H11NS/c1-2-8-4-6-3-5(1)7-6/h5-7H,1-4H2. The Balaban J connectivity index is 1.95. The van der Waals surface area contributed by atoms with E-state index in [2.05, 4.69) is 17.1 Å². The fourth-order valence-electron chi connectivity index (χ4n) is 1.42. The lowest BCUT2D eigenvalue weighted by Gasteiger charge is -2.33. The van der Waals surface area contributed by atoms with Gasteiger partial charge in [0.15, 0.2) is 0 Å². The molecule has 1 N–H and O–H groups in total. The Morgan fingerprint density at radius 3 is 3.12 bits per heavy atom. The van der Waals surface area contributed by atoms with Crippen LogP contribution in [0.25, 0.3) is 0 Å². The molecule has 2 bridgehead atoms. The van der Waals surface area contributed by atoms with Crippen molar-refractivity contribution in [3.63, 3.8) is 0 Å². The maximum absolute atomic E-state index is 3.52. The topological polar surface area (TPSA) is 12.0 Å². The fraction of sp³-hybridized carbons (Fsp3) is 1.00. The molecule has 3 rings (SSSR count). The van der Waals surface area contributed by atoms with E-state index in [1.54, 1.807) is 0 Å². The lowest BCUT2D eigenvalue weighted by Crippen LogP contribution is -2.52. The number of hydrogen-bond acceptors (Lipinski definition) is 2. The molecule has 2 atom stereocenters. The molecule has 0 saturated carbocycles. The Bertz CT molecular complexity index is 73.0. The highest BCUT2D eigenvalue weighted by Crippen LogP contribution is 2.25. The Morgan fingerprint density at radius 2 is 2.25 bits per heavy atom. The van der Waals surface area contributed by atoms with Crippen LogP contribution in [0.5, 0.6) is 0 Å². The van der Waals surface area contributed by atoms with Crippen molar-refractivity contribution in [1.82, 2.24) is 5.32 Å². The second-order valence-electron chi connectivity index (χ2n) is 2.66. The largest absolute Gasteiger partial charge is 0.310 e. The van der Waals surface area contributed by atoms with E-state index in [4.69, 9.17) is 0 Å². The van der Waals surface area contributed by atoms with Crippen LogP contribution in [-0.4, -0.2) is 23.6 Å². The summed E-state index contributed by atoms with van der Waals surface area (Å²) in [5, 5.41) is 3.52. The molecular weight excluding hydrogens is 118 g/mol. The molecule has 2 unspecified atom stereocenters. The molecule has 0 radical (unpaired) electrons. The Hall–Kier alpha value is 0.310. The second-order valence-corrected chi connectivity index (χ2v) is 3.81. The SMILES string of the molecule is C1CC2CC(CS1)N2. The third-order valence-corrected chi connectivity index (χ3v) is 3.13. The highest BCUT2D eigenvalue weighted by atomic mass is 32.2. The summed E-state index contributed by atoms with van der Waals surface area (Å²) in [5.41, 5.74) is 0. The molecular formula is C6H11NS. The van der Waals surface area contributed by atoms with Gasteiger partial charge in [-0.3, -0.25) is 0 Å². The first-order chi connectivity index (χ1) is 3.95. The third-order valence-electron chi connectivity index (χ3n) is 1.97. The molecule has 0 amide bonds. The minimum absolute atomic E-state index is 0.882. The minimum atomic E-state index is 0.882. The van der Waals surface area contributed by atoms with Crippen LogP contribution in [0, 0.1) is 0 Å². The third kappa shape index (κ3) is 0.759. The zero-order chi connectivity index (χ0) is 5.40. The van der Waals surface area contributed by atoms with Gasteiger partial charge < -0.3 is 5.32 Å². The van der Waals surface area contributed by atoms with Gasteiger partial charge >= 0.3 is 0 Å². The molecule has 3 saturated heterocycles. The summed E-state index contributed by atoms with van der Waals surface area (Å²) >= 11 is 2.10. The van der Waals surface area contributed by atoms with E-state index < -0.39 is 0 Å². The van der Waals surface area contributed by atoms with Crippen LogP contribution < -0.4 is 5.32 Å². The predicted molar refractivity (Wildman–Crippen MR) is 37.3 cm³/mol. The number of thioether (sulfide) groups is 1. The Labute approximate surface area is 54.2 Å². The average molecular weight is 129 g/mol. The molecule has 0 aromatic rings. The second kappa shape index (κ2) is 1.92. The van der Waals surface area contributed by atoms with Crippen LogP contribution in [0.1, 0.15) is 12.8 Å². The summed E-state index contributed by atoms with van der Waals surface area (Å²) in [6.07, 6.45) is 2.86. The molecule has 3 aliphatic rings. The van der Waals surface area contributed by atoms with Gasteiger partial charge in [-0.2, -0.15) is 11.8 Å². The van der Waals surface area contributed by atoms with E-state index in [1.165, 1.54) is 24.3 Å². The van der Waals surface area contributed by atoms with Crippen molar-refractivity contribution in [2.45, 2.75) is 24.9 Å². The molecule has 0 aromatic heterocycles. The first-order valence-corrected chi connectivity index (χ1v) is 4.44. The van der Waals surface area contributed by atoms with Crippen LogP contribution in [0.4, 0.5) is 0 Å².